The number of benzene rings is 2. The summed E-state index contributed by atoms with van der Waals surface area (Å²) in [6, 6.07) is 18.1. The molecule has 3 amide bonds. The smallest absolute Gasteiger partial charge is 0.272 e. The van der Waals surface area contributed by atoms with Crippen molar-refractivity contribution < 1.29 is 19.1 Å². The van der Waals surface area contributed by atoms with Crippen LogP contribution in [0, 0.1) is 0 Å². The van der Waals surface area contributed by atoms with Crippen LogP contribution >= 0.6 is 0 Å². The lowest BCUT2D eigenvalue weighted by molar-refractivity contribution is -0.121. The first-order chi connectivity index (χ1) is 22.9. The molecular formula is C35H40N8O4. The third kappa shape index (κ3) is 6.74. The molecular weight excluding hydrogens is 596 g/mol. The number of nitrogens with zero attached hydrogens (tertiary/aromatic N) is 6. The summed E-state index contributed by atoms with van der Waals surface area (Å²) in [5, 5.41) is 15.1. The predicted octanol–water partition coefficient (Wildman–Crippen LogP) is 2.89. The van der Waals surface area contributed by atoms with Gasteiger partial charge in [-0.15, -0.1) is 0 Å². The van der Waals surface area contributed by atoms with Crippen LogP contribution in [0.25, 0.3) is 5.69 Å². The molecule has 2 aliphatic heterocycles. The van der Waals surface area contributed by atoms with E-state index in [1.54, 1.807) is 32.7 Å². The van der Waals surface area contributed by atoms with E-state index in [4.69, 9.17) is 9.84 Å². The fraction of sp³-hybridized carbons (Fsp3) is 0.343. The van der Waals surface area contributed by atoms with Crippen LogP contribution in [0.2, 0.25) is 0 Å². The van der Waals surface area contributed by atoms with Gasteiger partial charge in [0.15, 0.2) is 0 Å². The molecule has 2 aliphatic rings. The number of morpholine rings is 1. The molecule has 0 unspecified atom stereocenters. The average molecular weight is 637 g/mol. The van der Waals surface area contributed by atoms with Gasteiger partial charge in [-0.2, -0.15) is 10.2 Å². The van der Waals surface area contributed by atoms with E-state index in [9.17, 15) is 14.4 Å². The maximum Gasteiger partial charge on any atom is 0.272 e. The number of fused-ring (bicyclic) bond motifs is 1. The molecule has 0 saturated carbocycles. The SMILES string of the molecule is C=C(CN1CCOCC1)C(=O)NCc1cccc([C@@H]2c3cnn(-c4ccccc4)c3N(CC)C(=O)[C@H]2NC(=O)c2ccn(CC)n2)c1. The number of amides is 3. The minimum Gasteiger partial charge on any atom is -0.379 e. The number of hydrogen-bond acceptors (Lipinski definition) is 7. The molecule has 0 spiro atoms. The Morgan fingerprint density at radius 1 is 1.02 bits per heavy atom. The number of ether oxygens (including phenoxy) is 1. The number of carbonyl (C=O) groups is 3. The van der Waals surface area contributed by atoms with Crippen molar-refractivity contribution in [2.75, 3.05) is 44.3 Å². The Kier molecular flexibility index (Phi) is 9.60. The zero-order chi connectivity index (χ0) is 32.9. The molecule has 12 nitrogen and oxygen atoms in total. The molecule has 0 bridgehead atoms. The molecule has 0 radical (unpaired) electrons. The summed E-state index contributed by atoms with van der Waals surface area (Å²) in [4.78, 5) is 44.6. The van der Waals surface area contributed by atoms with E-state index in [1.807, 2.05) is 68.4 Å². The van der Waals surface area contributed by atoms with E-state index in [-0.39, 0.29) is 24.1 Å². The van der Waals surface area contributed by atoms with E-state index in [2.05, 4.69) is 27.2 Å². The lowest BCUT2D eigenvalue weighted by Crippen LogP contribution is -2.55. The number of likely N-dealkylation sites (N-methyl/N-ethyl adjacent to an activating group) is 1. The zero-order valence-electron chi connectivity index (χ0n) is 26.8. The van der Waals surface area contributed by atoms with Crippen molar-refractivity contribution in [3.05, 3.63) is 108 Å². The maximum absolute atomic E-state index is 14.3. The summed E-state index contributed by atoms with van der Waals surface area (Å²) < 4.78 is 8.84. The second kappa shape index (κ2) is 14.1. The number of rotatable bonds is 11. The van der Waals surface area contributed by atoms with Crippen LogP contribution in [0.4, 0.5) is 5.82 Å². The summed E-state index contributed by atoms with van der Waals surface area (Å²) in [5.74, 6) is -0.785. The van der Waals surface area contributed by atoms with Gasteiger partial charge in [-0.05, 0) is 43.2 Å². The number of anilines is 1. The van der Waals surface area contributed by atoms with Crippen molar-refractivity contribution >= 4 is 23.5 Å². The highest BCUT2D eigenvalue weighted by Crippen LogP contribution is 2.41. The largest absolute Gasteiger partial charge is 0.379 e. The molecule has 4 heterocycles. The Morgan fingerprint density at radius 2 is 1.81 bits per heavy atom. The summed E-state index contributed by atoms with van der Waals surface area (Å²) in [5.41, 5.74) is 4.02. The summed E-state index contributed by atoms with van der Waals surface area (Å²) in [6.07, 6.45) is 3.51. The number of carbonyl (C=O) groups excluding carboxylic acids is 3. The summed E-state index contributed by atoms with van der Waals surface area (Å²) in [6.45, 7) is 12.5. The fourth-order valence-electron chi connectivity index (χ4n) is 6.20. The molecule has 1 fully saturated rings. The number of para-hydroxylation sites is 1. The van der Waals surface area contributed by atoms with Gasteiger partial charge in [0.05, 0.1) is 25.1 Å². The van der Waals surface area contributed by atoms with Gasteiger partial charge in [0.2, 0.25) is 5.91 Å². The lowest BCUT2D eigenvalue weighted by Gasteiger charge is -2.38. The lowest BCUT2D eigenvalue weighted by atomic mass is 9.82. The molecule has 4 aromatic rings. The monoisotopic (exact) mass is 636 g/mol. The standard InChI is InChI=1S/C35H40N8O4/c1-4-41-15-14-29(39-41)33(45)38-31-30(28-22-37-43(27-12-7-6-8-13-27)34(28)42(5-2)35(31)46)26-11-9-10-25(20-26)21-36-32(44)24(3)23-40-16-18-47-19-17-40/h6-15,20,22,30-31H,3-5,16-19,21,23H2,1-2H3,(H,36,44)(H,38,45)/t30-,31+/m1/s1. The highest BCUT2D eigenvalue weighted by Gasteiger charge is 2.44. The third-order valence-electron chi connectivity index (χ3n) is 8.63. The first kappa shape index (κ1) is 31.9. The van der Waals surface area contributed by atoms with E-state index in [0.29, 0.717) is 44.2 Å². The van der Waals surface area contributed by atoms with Gasteiger partial charge in [0.1, 0.15) is 17.6 Å². The van der Waals surface area contributed by atoms with Gasteiger partial charge >= 0.3 is 0 Å². The number of aryl methyl sites for hydroxylation is 1. The quantitative estimate of drug-likeness (QED) is 0.243. The van der Waals surface area contributed by atoms with Crippen LogP contribution in [-0.4, -0.2) is 87.6 Å². The highest BCUT2D eigenvalue weighted by atomic mass is 16.5. The molecule has 2 aromatic carbocycles. The van der Waals surface area contributed by atoms with Crippen molar-refractivity contribution in [3.63, 3.8) is 0 Å². The van der Waals surface area contributed by atoms with Gasteiger partial charge in [0, 0.05) is 62.5 Å². The van der Waals surface area contributed by atoms with E-state index in [1.165, 1.54) is 0 Å². The third-order valence-corrected chi connectivity index (χ3v) is 8.63. The van der Waals surface area contributed by atoms with E-state index >= 15 is 0 Å². The second-order valence-corrected chi connectivity index (χ2v) is 11.7. The highest BCUT2D eigenvalue weighted by molar-refractivity contribution is 6.04. The Hall–Kier alpha value is -5.07. The van der Waals surface area contributed by atoms with Crippen LogP contribution in [0.15, 0.2) is 85.2 Å². The molecule has 1 saturated heterocycles. The van der Waals surface area contributed by atoms with E-state index < -0.39 is 17.9 Å². The molecule has 2 N–H and O–H groups in total. The second-order valence-electron chi connectivity index (χ2n) is 11.7. The van der Waals surface area contributed by atoms with Crippen molar-refractivity contribution in [1.82, 2.24) is 35.1 Å². The Balaban J connectivity index is 1.31. The van der Waals surface area contributed by atoms with Crippen molar-refractivity contribution in [1.29, 1.82) is 0 Å². The van der Waals surface area contributed by atoms with Crippen LogP contribution in [0.5, 0.6) is 0 Å². The number of nitrogens with one attached hydrogen (secondary N) is 2. The van der Waals surface area contributed by atoms with Crippen molar-refractivity contribution in [3.8, 4) is 5.69 Å². The number of aromatic nitrogens is 4. The van der Waals surface area contributed by atoms with Gasteiger partial charge < -0.3 is 15.4 Å². The summed E-state index contributed by atoms with van der Waals surface area (Å²) in [7, 11) is 0. The van der Waals surface area contributed by atoms with Gasteiger partial charge in [-0.3, -0.25) is 28.9 Å². The number of hydrogen-bond donors (Lipinski definition) is 2. The Bertz CT molecular complexity index is 1760. The topological polar surface area (TPSA) is 127 Å². The minimum absolute atomic E-state index is 0.212. The molecule has 2 atom stereocenters. The first-order valence-electron chi connectivity index (χ1n) is 16.0. The zero-order valence-corrected chi connectivity index (χ0v) is 26.8. The maximum atomic E-state index is 14.3. The Labute approximate surface area is 274 Å². The van der Waals surface area contributed by atoms with Crippen LogP contribution in [0.3, 0.4) is 0 Å². The molecule has 12 heteroatoms. The van der Waals surface area contributed by atoms with Gasteiger partial charge in [0.25, 0.3) is 11.8 Å². The Morgan fingerprint density at radius 3 is 2.53 bits per heavy atom. The van der Waals surface area contributed by atoms with E-state index in [0.717, 1.165) is 35.5 Å². The first-order valence-corrected chi connectivity index (χ1v) is 16.0. The predicted molar refractivity (Wildman–Crippen MR) is 177 cm³/mol. The molecule has 6 rings (SSSR count). The van der Waals surface area contributed by atoms with Crippen LogP contribution in [-0.2, 0) is 27.4 Å². The van der Waals surface area contributed by atoms with Gasteiger partial charge in [-0.25, -0.2) is 4.68 Å². The average Bonchev–Trinajstić information content (AvgIpc) is 3.77. The van der Waals surface area contributed by atoms with Crippen molar-refractivity contribution in [2.45, 2.75) is 38.9 Å². The van der Waals surface area contributed by atoms with Gasteiger partial charge in [-0.1, -0.05) is 49.0 Å². The molecule has 0 aliphatic carbocycles. The van der Waals surface area contributed by atoms with Crippen LogP contribution < -0.4 is 15.5 Å². The molecule has 47 heavy (non-hydrogen) atoms. The normalized spacial score (nSPS) is 18.1. The van der Waals surface area contributed by atoms with Crippen molar-refractivity contribution in [2.24, 2.45) is 0 Å². The fourth-order valence-corrected chi connectivity index (χ4v) is 6.20. The molecule has 244 valence electrons. The molecule has 2 aromatic heterocycles. The summed E-state index contributed by atoms with van der Waals surface area (Å²) >= 11 is 0. The minimum atomic E-state index is -0.923. The van der Waals surface area contributed by atoms with Crippen LogP contribution in [0.1, 0.15) is 46.9 Å².